The Morgan fingerprint density at radius 1 is 1.09 bits per heavy atom. The van der Waals surface area contributed by atoms with E-state index in [2.05, 4.69) is 5.32 Å². The molecule has 1 N–H and O–H groups in total. The summed E-state index contributed by atoms with van der Waals surface area (Å²) in [5.41, 5.74) is -1.12. The molecule has 0 heterocycles. The Morgan fingerprint density at radius 2 is 1.57 bits per heavy atom. The van der Waals surface area contributed by atoms with E-state index in [1.807, 2.05) is 27.7 Å². The van der Waals surface area contributed by atoms with Gasteiger partial charge >= 0.3 is 6.09 Å². The van der Waals surface area contributed by atoms with E-state index in [9.17, 15) is 9.59 Å². The zero-order valence-electron chi connectivity index (χ0n) is 15.0. The lowest BCUT2D eigenvalue weighted by atomic mass is 9.47. The van der Waals surface area contributed by atoms with E-state index in [0.29, 0.717) is 0 Å². The highest BCUT2D eigenvalue weighted by atomic mass is 16.6. The first-order chi connectivity index (χ1) is 10.6. The summed E-state index contributed by atoms with van der Waals surface area (Å²) in [6.45, 7) is 7.36. The van der Waals surface area contributed by atoms with Crippen molar-refractivity contribution in [2.24, 2.45) is 23.2 Å². The highest BCUT2D eigenvalue weighted by Gasteiger charge is 2.53. The van der Waals surface area contributed by atoms with Crippen LogP contribution in [-0.2, 0) is 9.53 Å². The van der Waals surface area contributed by atoms with Crippen molar-refractivity contribution >= 4 is 12.4 Å². The number of nitrogens with one attached hydrogen (secondary N) is 1. The second-order valence-electron chi connectivity index (χ2n) is 9.76. The molecule has 23 heavy (non-hydrogen) atoms. The van der Waals surface area contributed by atoms with Gasteiger partial charge in [-0.25, -0.2) is 4.79 Å². The fraction of sp³-hybridized carbons (Fsp3) is 0.895. The first-order valence-corrected chi connectivity index (χ1v) is 9.08. The molecule has 1 atom stereocenters. The maximum Gasteiger partial charge on any atom is 0.408 e. The minimum atomic E-state index is -0.825. The van der Waals surface area contributed by atoms with Crippen molar-refractivity contribution in [3.8, 4) is 0 Å². The van der Waals surface area contributed by atoms with Crippen molar-refractivity contribution in [3.05, 3.63) is 0 Å². The summed E-state index contributed by atoms with van der Waals surface area (Å²) in [7, 11) is 0. The number of alkyl carbamates (subject to hydrolysis) is 1. The Morgan fingerprint density at radius 3 is 1.96 bits per heavy atom. The molecule has 1 unspecified atom stereocenters. The molecular weight excluding hydrogens is 290 g/mol. The molecule has 4 fully saturated rings. The topological polar surface area (TPSA) is 55.4 Å². The van der Waals surface area contributed by atoms with Gasteiger partial charge in [0.1, 0.15) is 11.9 Å². The van der Waals surface area contributed by atoms with E-state index in [-0.39, 0.29) is 5.41 Å². The molecule has 1 amide bonds. The molecule has 4 aliphatic carbocycles. The molecule has 0 radical (unpaired) electrons. The molecule has 4 aliphatic rings. The number of ether oxygens (including phenoxy) is 1. The summed E-state index contributed by atoms with van der Waals surface area (Å²) in [5.74, 6) is 2.54. The summed E-state index contributed by atoms with van der Waals surface area (Å²) in [6.07, 6.45) is 9.04. The quantitative estimate of drug-likeness (QED) is 0.794. The number of rotatable bonds is 4. The van der Waals surface area contributed by atoms with E-state index < -0.39 is 17.2 Å². The second-order valence-corrected chi connectivity index (χ2v) is 9.76. The fourth-order valence-electron chi connectivity index (χ4n) is 5.94. The van der Waals surface area contributed by atoms with Gasteiger partial charge in [-0.15, -0.1) is 0 Å². The zero-order chi connectivity index (χ0) is 16.9. The molecule has 4 rings (SSSR count). The maximum atomic E-state index is 12.1. The van der Waals surface area contributed by atoms with Crippen LogP contribution in [-0.4, -0.2) is 23.5 Å². The van der Waals surface area contributed by atoms with Crippen molar-refractivity contribution in [1.29, 1.82) is 0 Å². The van der Waals surface area contributed by atoms with Gasteiger partial charge in [-0.1, -0.05) is 0 Å². The largest absolute Gasteiger partial charge is 0.444 e. The molecule has 0 spiro atoms. The third-order valence-corrected chi connectivity index (χ3v) is 5.95. The maximum absolute atomic E-state index is 12.1. The zero-order valence-corrected chi connectivity index (χ0v) is 15.0. The number of carbonyl (C=O) groups excluding carboxylic acids is 2. The standard InChI is InChI=1S/C19H31NO3/c1-17(2,3)23-16(22)20-18(4,12-21)11-19-8-13-5-14(9-19)7-15(6-13)10-19/h12-15H,5-11H2,1-4H3,(H,20,22). The van der Waals surface area contributed by atoms with Crippen LogP contribution in [0.4, 0.5) is 4.79 Å². The van der Waals surface area contributed by atoms with Crippen LogP contribution in [0.3, 0.4) is 0 Å². The summed E-state index contributed by atoms with van der Waals surface area (Å²) in [6, 6.07) is 0. The van der Waals surface area contributed by atoms with Crippen LogP contribution in [0.5, 0.6) is 0 Å². The molecule has 0 aliphatic heterocycles. The summed E-state index contributed by atoms with van der Waals surface area (Å²) >= 11 is 0. The lowest BCUT2D eigenvalue weighted by Gasteiger charge is -2.58. The van der Waals surface area contributed by atoms with Crippen LogP contribution in [0, 0.1) is 23.2 Å². The minimum Gasteiger partial charge on any atom is -0.444 e. The number of hydrogen-bond donors (Lipinski definition) is 1. The molecule has 0 saturated heterocycles. The Hall–Kier alpha value is -1.06. The summed E-state index contributed by atoms with van der Waals surface area (Å²) in [4.78, 5) is 23.9. The molecule has 4 bridgehead atoms. The van der Waals surface area contributed by atoms with Crippen molar-refractivity contribution in [1.82, 2.24) is 5.32 Å². The molecule has 130 valence electrons. The Kier molecular flexibility index (Phi) is 4.01. The van der Waals surface area contributed by atoms with Crippen molar-refractivity contribution in [2.75, 3.05) is 0 Å². The minimum absolute atomic E-state index is 0.249. The average molecular weight is 321 g/mol. The molecular formula is C19H31NO3. The van der Waals surface area contributed by atoms with E-state index >= 15 is 0 Å². The summed E-state index contributed by atoms with van der Waals surface area (Å²) < 4.78 is 5.35. The number of aldehydes is 1. The Balaban J connectivity index is 1.69. The second kappa shape index (κ2) is 5.49. The lowest BCUT2D eigenvalue weighted by molar-refractivity contribution is -0.118. The van der Waals surface area contributed by atoms with Crippen LogP contribution in [0.15, 0.2) is 0 Å². The predicted octanol–water partition coefficient (Wildman–Crippen LogP) is 4.08. The SMILES string of the molecule is CC(C=O)(CC12CC3CC(CC(C3)C1)C2)NC(=O)OC(C)(C)C. The normalized spacial score (nSPS) is 38.0. The van der Waals surface area contributed by atoms with Gasteiger partial charge in [0.2, 0.25) is 0 Å². The third kappa shape index (κ3) is 3.72. The van der Waals surface area contributed by atoms with Gasteiger partial charge in [-0.3, -0.25) is 0 Å². The van der Waals surface area contributed by atoms with Crippen LogP contribution in [0.2, 0.25) is 0 Å². The molecule has 0 aromatic rings. The molecule has 0 aromatic heterocycles. The van der Waals surface area contributed by atoms with Crippen molar-refractivity contribution < 1.29 is 14.3 Å². The third-order valence-electron chi connectivity index (χ3n) is 5.95. The smallest absolute Gasteiger partial charge is 0.408 e. The molecule has 4 heteroatoms. The van der Waals surface area contributed by atoms with Gasteiger partial charge in [0.15, 0.2) is 0 Å². The van der Waals surface area contributed by atoms with Gasteiger partial charge in [0, 0.05) is 0 Å². The van der Waals surface area contributed by atoms with E-state index in [0.717, 1.165) is 30.5 Å². The highest BCUT2D eigenvalue weighted by molar-refractivity contribution is 5.76. The van der Waals surface area contributed by atoms with E-state index in [4.69, 9.17) is 4.74 Å². The van der Waals surface area contributed by atoms with Crippen LogP contribution in [0.25, 0.3) is 0 Å². The molecule has 4 saturated carbocycles. The van der Waals surface area contributed by atoms with Gasteiger partial charge in [0.25, 0.3) is 0 Å². The van der Waals surface area contributed by atoms with E-state index in [1.54, 1.807) is 0 Å². The summed E-state index contributed by atoms with van der Waals surface area (Å²) in [5, 5.41) is 2.85. The monoisotopic (exact) mass is 321 g/mol. The van der Waals surface area contributed by atoms with Crippen LogP contribution >= 0.6 is 0 Å². The van der Waals surface area contributed by atoms with Gasteiger partial charge in [-0.2, -0.15) is 0 Å². The first kappa shape index (κ1) is 16.8. The Bertz CT molecular complexity index is 458. The number of hydrogen-bond acceptors (Lipinski definition) is 3. The van der Waals surface area contributed by atoms with Crippen molar-refractivity contribution in [2.45, 2.75) is 83.8 Å². The molecule has 4 nitrogen and oxygen atoms in total. The first-order valence-electron chi connectivity index (χ1n) is 9.08. The van der Waals surface area contributed by atoms with Crippen LogP contribution in [0.1, 0.15) is 72.6 Å². The number of amides is 1. The molecule has 0 aromatic carbocycles. The Labute approximate surface area is 139 Å². The fourth-order valence-corrected chi connectivity index (χ4v) is 5.94. The van der Waals surface area contributed by atoms with Crippen LogP contribution < -0.4 is 5.32 Å². The predicted molar refractivity (Wildman–Crippen MR) is 89.1 cm³/mol. The van der Waals surface area contributed by atoms with Crippen molar-refractivity contribution in [3.63, 3.8) is 0 Å². The highest BCUT2D eigenvalue weighted by Crippen LogP contribution is 2.62. The van der Waals surface area contributed by atoms with E-state index in [1.165, 1.54) is 38.5 Å². The van der Waals surface area contributed by atoms with Gasteiger partial charge < -0.3 is 14.8 Å². The lowest BCUT2D eigenvalue weighted by Crippen LogP contribution is -2.55. The number of carbonyl (C=O) groups is 2. The van der Waals surface area contributed by atoms with Gasteiger partial charge in [-0.05, 0) is 95.8 Å². The average Bonchev–Trinajstić information content (AvgIpc) is 2.33. The van der Waals surface area contributed by atoms with Gasteiger partial charge in [0.05, 0.1) is 5.54 Å².